The Morgan fingerprint density at radius 2 is 1.78 bits per heavy atom. The number of carbonyl (C=O) groups excluding carboxylic acids is 3. The molecule has 1 N–H and O–H groups in total. The van der Waals surface area contributed by atoms with Gasteiger partial charge in [-0.3, -0.25) is 9.59 Å². The van der Waals surface area contributed by atoms with Crippen LogP contribution in [-0.4, -0.2) is 46.1 Å². The van der Waals surface area contributed by atoms with E-state index < -0.39 is 24.3 Å². The smallest absolute Gasteiger partial charge is 0.355 e. The minimum Gasteiger partial charge on any atom is -0.461 e. The monoisotopic (exact) mass is 439 g/mol. The molecule has 0 radical (unpaired) electrons. The van der Waals surface area contributed by atoms with Gasteiger partial charge in [0.05, 0.1) is 13.0 Å². The molecule has 9 nitrogen and oxygen atoms in total. The van der Waals surface area contributed by atoms with Crippen LogP contribution in [0.25, 0.3) is 11.4 Å². The zero-order chi connectivity index (χ0) is 23.3. The highest BCUT2D eigenvalue weighted by Gasteiger charge is 2.23. The fourth-order valence-electron chi connectivity index (χ4n) is 3.25. The van der Waals surface area contributed by atoms with Crippen LogP contribution in [0.15, 0.2) is 28.8 Å². The Morgan fingerprint density at radius 3 is 2.47 bits per heavy atom. The van der Waals surface area contributed by atoms with Crippen molar-refractivity contribution >= 4 is 17.7 Å². The summed E-state index contributed by atoms with van der Waals surface area (Å²) in [6.07, 6.45) is 0.184. The molecule has 3 aromatic rings. The number of esters is 2. The third-order valence-electron chi connectivity index (χ3n) is 4.88. The highest BCUT2D eigenvalue weighted by Crippen LogP contribution is 2.20. The summed E-state index contributed by atoms with van der Waals surface area (Å²) in [6.45, 7) is 6.80. The van der Waals surface area contributed by atoms with E-state index in [-0.39, 0.29) is 25.1 Å². The zero-order valence-electron chi connectivity index (χ0n) is 18.5. The van der Waals surface area contributed by atoms with Gasteiger partial charge in [0.2, 0.25) is 17.5 Å². The summed E-state index contributed by atoms with van der Waals surface area (Å²) < 4.78 is 15.3. The second-order valence-corrected chi connectivity index (χ2v) is 7.31. The third-order valence-corrected chi connectivity index (χ3v) is 4.88. The Hall–Kier alpha value is -3.75. The molecule has 0 saturated carbocycles. The van der Waals surface area contributed by atoms with Gasteiger partial charge in [-0.15, -0.1) is 0 Å². The maximum Gasteiger partial charge on any atom is 0.355 e. The molecule has 32 heavy (non-hydrogen) atoms. The average molecular weight is 439 g/mol. The number of aromatic nitrogens is 3. The molecule has 9 heteroatoms. The SMILES string of the molecule is CCOC(=O)c1[nH]c(C)c(C(=O)COC(=O)CCc2nc(-c3ccc(C)cc3)no2)c1C. The molecule has 3 rings (SSSR count). The zero-order valence-corrected chi connectivity index (χ0v) is 18.5. The molecule has 0 saturated heterocycles. The number of ether oxygens (including phenoxy) is 2. The summed E-state index contributed by atoms with van der Waals surface area (Å²) in [7, 11) is 0. The van der Waals surface area contributed by atoms with E-state index in [1.807, 2.05) is 31.2 Å². The Morgan fingerprint density at radius 1 is 1.06 bits per heavy atom. The van der Waals surface area contributed by atoms with Crippen LogP contribution in [0.2, 0.25) is 0 Å². The van der Waals surface area contributed by atoms with Gasteiger partial charge in [0.15, 0.2) is 6.61 Å². The van der Waals surface area contributed by atoms with Gasteiger partial charge in [-0.05, 0) is 33.3 Å². The molecule has 1 aromatic carbocycles. The number of hydrogen-bond donors (Lipinski definition) is 1. The molecular formula is C23H25N3O6. The molecular weight excluding hydrogens is 414 g/mol. The van der Waals surface area contributed by atoms with E-state index in [0.29, 0.717) is 28.5 Å². The van der Waals surface area contributed by atoms with E-state index in [1.54, 1.807) is 20.8 Å². The maximum atomic E-state index is 12.6. The van der Waals surface area contributed by atoms with Crippen molar-refractivity contribution in [1.29, 1.82) is 0 Å². The largest absolute Gasteiger partial charge is 0.461 e. The predicted octanol–water partition coefficient (Wildman–Crippen LogP) is 3.53. The minimum absolute atomic E-state index is 0.0119. The van der Waals surface area contributed by atoms with E-state index in [0.717, 1.165) is 11.1 Å². The van der Waals surface area contributed by atoms with Crippen molar-refractivity contribution in [2.24, 2.45) is 0 Å². The van der Waals surface area contributed by atoms with Gasteiger partial charge in [0, 0.05) is 23.2 Å². The number of ketones is 1. The van der Waals surface area contributed by atoms with Crippen molar-refractivity contribution in [2.45, 2.75) is 40.5 Å². The second-order valence-electron chi connectivity index (χ2n) is 7.31. The first-order valence-corrected chi connectivity index (χ1v) is 10.2. The molecule has 0 unspecified atom stereocenters. The number of Topliss-reactive ketones (excluding diaryl/α,β-unsaturated/α-hetero) is 1. The average Bonchev–Trinajstić information content (AvgIpc) is 3.35. The van der Waals surface area contributed by atoms with Crippen molar-refractivity contribution in [1.82, 2.24) is 15.1 Å². The van der Waals surface area contributed by atoms with Crippen molar-refractivity contribution in [2.75, 3.05) is 13.2 Å². The minimum atomic E-state index is -0.565. The van der Waals surface area contributed by atoms with Crippen LogP contribution in [0.1, 0.15) is 56.9 Å². The molecule has 0 aliphatic carbocycles. The van der Waals surface area contributed by atoms with Crippen LogP contribution >= 0.6 is 0 Å². The fourth-order valence-corrected chi connectivity index (χ4v) is 3.25. The molecule has 0 aliphatic rings. The summed E-state index contributed by atoms with van der Waals surface area (Å²) in [4.78, 5) is 43.8. The molecule has 168 valence electrons. The van der Waals surface area contributed by atoms with Crippen molar-refractivity contribution in [3.05, 3.63) is 58.2 Å². The number of nitrogens with zero attached hydrogens (tertiary/aromatic N) is 2. The molecule has 0 aliphatic heterocycles. The number of hydrogen-bond acceptors (Lipinski definition) is 8. The fraction of sp³-hybridized carbons (Fsp3) is 0.348. The number of aromatic amines is 1. The van der Waals surface area contributed by atoms with Crippen molar-refractivity contribution in [3.63, 3.8) is 0 Å². The number of nitrogens with one attached hydrogen (secondary N) is 1. The molecule has 0 amide bonds. The lowest BCUT2D eigenvalue weighted by molar-refractivity contribution is -0.142. The lowest BCUT2D eigenvalue weighted by Gasteiger charge is -2.05. The molecule has 0 bridgehead atoms. The lowest BCUT2D eigenvalue weighted by Crippen LogP contribution is -2.16. The number of benzene rings is 1. The number of carbonyl (C=O) groups is 3. The van der Waals surface area contributed by atoms with Gasteiger partial charge in [0.1, 0.15) is 5.69 Å². The molecule has 2 heterocycles. The first-order chi connectivity index (χ1) is 15.3. The highest BCUT2D eigenvalue weighted by molar-refractivity contribution is 6.03. The number of rotatable bonds is 9. The van der Waals surface area contributed by atoms with Gasteiger partial charge < -0.3 is 19.0 Å². The van der Waals surface area contributed by atoms with Crippen molar-refractivity contribution < 1.29 is 28.4 Å². The quantitative estimate of drug-likeness (QED) is 0.397. The molecule has 2 aromatic heterocycles. The summed E-state index contributed by atoms with van der Waals surface area (Å²) in [5.74, 6) is -0.752. The van der Waals surface area contributed by atoms with Crippen LogP contribution in [0, 0.1) is 20.8 Å². The summed E-state index contributed by atoms with van der Waals surface area (Å²) >= 11 is 0. The standard InChI is InChI=1S/C23H25N3O6/c1-5-30-23(29)21-14(3)20(15(4)24-21)17(27)12-31-19(28)11-10-18-25-22(26-32-18)16-8-6-13(2)7-9-16/h6-9,24H,5,10-12H2,1-4H3. The summed E-state index contributed by atoms with van der Waals surface area (Å²) in [5.41, 5.74) is 3.47. The van der Waals surface area contributed by atoms with Gasteiger partial charge >= 0.3 is 11.9 Å². The Kier molecular flexibility index (Phi) is 7.19. The molecule has 0 atom stereocenters. The second kappa shape index (κ2) is 10.0. The number of H-pyrrole nitrogens is 1. The van der Waals surface area contributed by atoms with Crippen LogP contribution in [-0.2, 0) is 20.7 Å². The van der Waals surface area contributed by atoms with Crippen LogP contribution in [0.4, 0.5) is 0 Å². The normalized spacial score (nSPS) is 10.8. The molecule has 0 spiro atoms. The van der Waals surface area contributed by atoms with E-state index in [2.05, 4.69) is 15.1 Å². The van der Waals surface area contributed by atoms with Crippen LogP contribution in [0.3, 0.4) is 0 Å². The van der Waals surface area contributed by atoms with Crippen molar-refractivity contribution in [3.8, 4) is 11.4 Å². The van der Waals surface area contributed by atoms with E-state index in [4.69, 9.17) is 14.0 Å². The summed E-state index contributed by atoms with van der Waals surface area (Å²) in [6, 6.07) is 7.68. The van der Waals surface area contributed by atoms with Gasteiger partial charge in [-0.1, -0.05) is 35.0 Å². The topological polar surface area (TPSA) is 124 Å². The first-order valence-electron chi connectivity index (χ1n) is 10.2. The van der Waals surface area contributed by atoms with E-state index in [1.165, 1.54) is 0 Å². The molecule has 0 fully saturated rings. The summed E-state index contributed by atoms with van der Waals surface area (Å²) in [5, 5.41) is 3.92. The van der Waals surface area contributed by atoms with Gasteiger partial charge in [-0.25, -0.2) is 4.79 Å². The Labute approximate surface area is 185 Å². The highest BCUT2D eigenvalue weighted by atomic mass is 16.5. The lowest BCUT2D eigenvalue weighted by atomic mass is 10.1. The predicted molar refractivity (Wildman–Crippen MR) is 114 cm³/mol. The Bertz CT molecular complexity index is 1130. The third kappa shape index (κ3) is 5.29. The first kappa shape index (κ1) is 22.9. The van der Waals surface area contributed by atoms with Crippen LogP contribution in [0.5, 0.6) is 0 Å². The maximum absolute atomic E-state index is 12.6. The number of aryl methyl sites for hydroxylation is 3. The van der Waals surface area contributed by atoms with Gasteiger partial charge in [-0.2, -0.15) is 4.98 Å². The Balaban J connectivity index is 1.53. The van der Waals surface area contributed by atoms with E-state index >= 15 is 0 Å². The van der Waals surface area contributed by atoms with E-state index in [9.17, 15) is 14.4 Å². The van der Waals surface area contributed by atoms with Crippen LogP contribution < -0.4 is 0 Å². The van der Waals surface area contributed by atoms with Gasteiger partial charge in [0.25, 0.3) is 0 Å².